The number of nitrogens with two attached hydrogens (primary N) is 1. The third-order valence-electron chi connectivity index (χ3n) is 2.15. The maximum absolute atomic E-state index is 11.3. The molecule has 7 nitrogen and oxygen atoms in total. The van der Waals surface area contributed by atoms with Gasteiger partial charge in [-0.3, -0.25) is 19.3 Å². The van der Waals surface area contributed by atoms with E-state index in [2.05, 4.69) is 5.32 Å². The molecule has 1 aliphatic heterocycles. The number of hydrogen-bond donors (Lipinski definition) is 2. The quantitative estimate of drug-likeness (QED) is 0.316. The molecule has 0 radical (unpaired) electrons. The van der Waals surface area contributed by atoms with Crippen LogP contribution in [0.1, 0.15) is 6.42 Å². The number of ether oxygens (including phenoxy) is 1. The van der Waals surface area contributed by atoms with E-state index in [4.69, 9.17) is 10.5 Å². The molecule has 0 bridgehead atoms. The van der Waals surface area contributed by atoms with Crippen molar-refractivity contribution in [3.63, 3.8) is 0 Å². The molecule has 0 atom stereocenters. The Kier molecular flexibility index (Phi) is 5.31. The molecule has 17 heavy (non-hydrogen) atoms. The first-order valence-corrected chi connectivity index (χ1v) is 5.23. The van der Waals surface area contributed by atoms with Crippen molar-refractivity contribution in [1.82, 2.24) is 10.2 Å². The van der Waals surface area contributed by atoms with Gasteiger partial charge < -0.3 is 15.8 Å². The second-order valence-electron chi connectivity index (χ2n) is 3.34. The van der Waals surface area contributed by atoms with E-state index in [0.29, 0.717) is 13.2 Å². The van der Waals surface area contributed by atoms with Crippen LogP contribution in [0.2, 0.25) is 0 Å². The van der Waals surface area contributed by atoms with Crippen LogP contribution in [0.15, 0.2) is 12.2 Å². The highest BCUT2D eigenvalue weighted by Gasteiger charge is 2.23. The van der Waals surface area contributed by atoms with Gasteiger partial charge in [-0.05, 0) is 0 Å². The normalized spacial score (nSPS) is 14.5. The van der Waals surface area contributed by atoms with Crippen LogP contribution in [-0.2, 0) is 19.1 Å². The lowest BCUT2D eigenvalue weighted by molar-refractivity contribution is -0.137. The topological polar surface area (TPSA) is 102 Å². The number of nitrogens with one attached hydrogen (secondary N) is 1. The van der Waals surface area contributed by atoms with E-state index >= 15 is 0 Å². The zero-order chi connectivity index (χ0) is 12.7. The van der Waals surface area contributed by atoms with Crippen LogP contribution in [0.3, 0.4) is 0 Å². The molecule has 0 aromatic heterocycles. The lowest BCUT2D eigenvalue weighted by Crippen LogP contribution is -2.35. The Hall–Kier alpha value is -1.73. The van der Waals surface area contributed by atoms with Crippen molar-refractivity contribution >= 4 is 17.7 Å². The summed E-state index contributed by atoms with van der Waals surface area (Å²) in [5.74, 6) is -0.998. The van der Waals surface area contributed by atoms with Crippen molar-refractivity contribution in [3.05, 3.63) is 12.2 Å². The van der Waals surface area contributed by atoms with Crippen LogP contribution < -0.4 is 11.1 Å². The molecule has 1 aliphatic rings. The van der Waals surface area contributed by atoms with E-state index in [1.54, 1.807) is 0 Å². The monoisotopic (exact) mass is 241 g/mol. The first kappa shape index (κ1) is 13.3. The van der Waals surface area contributed by atoms with Crippen molar-refractivity contribution in [3.8, 4) is 0 Å². The minimum Gasteiger partial charge on any atom is -0.365 e. The van der Waals surface area contributed by atoms with Gasteiger partial charge >= 0.3 is 0 Å². The van der Waals surface area contributed by atoms with Gasteiger partial charge in [0, 0.05) is 31.7 Å². The average molecular weight is 241 g/mol. The van der Waals surface area contributed by atoms with Crippen molar-refractivity contribution in [2.45, 2.75) is 6.42 Å². The predicted octanol–water partition coefficient (Wildman–Crippen LogP) is -1.65. The first-order valence-electron chi connectivity index (χ1n) is 5.23. The van der Waals surface area contributed by atoms with Gasteiger partial charge in [-0.25, -0.2) is 0 Å². The van der Waals surface area contributed by atoms with Gasteiger partial charge in [0.1, 0.15) is 0 Å². The molecule has 3 N–H and O–H groups in total. The summed E-state index contributed by atoms with van der Waals surface area (Å²) in [6.45, 7) is 0.897. The Morgan fingerprint density at radius 2 is 2.00 bits per heavy atom. The summed E-state index contributed by atoms with van der Waals surface area (Å²) < 4.78 is 4.83. The van der Waals surface area contributed by atoms with Crippen LogP contribution in [0.5, 0.6) is 0 Å². The SMILES string of the molecule is NCOCCNC(=O)CCN1C(=O)C=CC1=O. The minimum absolute atomic E-state index is 0.0851. The van der Waals surface area contributed by atoms with Gasteiger partial charge in [-0.2, -0.15) is 0 Å². The number of amides is 3. The highest BCUT2D eigenvalue weighted by molar-refractivity contribution is 6.13. The summed E-state index contributed by atoms with van der Waals surface area (Å²) in [6, 6.07) is 0. The zero-order valence-corrected chi connectivity index (χ0v) is 9.35. The fraction of sp³-hybridized carbons (Fsp3) is 0.500. The van der Waals surface area contributed by atoms with E-state index in [9.17, 15) is 14.4 Å². The lowest BCUT2D eigenvalue weighted by Gasteiger charge is -2.13. The van der Waals surface area contributed by atoms with Crippen LogP contribution >= 0.6 is 0 Å². The second kappa shape index (κ2) is 6.77. The van der Waals surface area contributed by atoms with Gasteiger partial charge in [0.2, 0.25) is 5.91 Å². The number of carbonyl (C=O) groups is 3. The summed E-state index contributed by atoms with van der Waals surface area (Å²) in [7, 11) is 0. The molecule has 0 saturated carbocycles. The van der Waals surface area contributed by atoms with Crippen LogP contribution in [0, 0.1) is 0 Å². The molecule has 1 rings (SSSR count). The van der Waals surface area contributed by atoms with Crippen molar-refractivity contribution in [1.29, 1.82) is 0 Å². The molecule has 0 aliphatic carbocycles. The number of carbonyl (C=O) groups excluding carboxylic acids is 3. The molecule has 0 aromatic rings. The summed E-state index contributed by atoms with van der Waals surface area (Å²) in [5, 5.41) is 2.58. The van der Waals surface area contributed by atoms with E-state index in [-0.39, 0.29) is 37.4 Å². The van der Waals surface area contributed by atoms with Gasteiger partial charge in [0.25, 0.3) is 11.8 Å². The Morgan fingerprint density at radius 3 is 2.59 bits per heavy atom. The average Bonchev–Trinajstić information content (AvgIpc) is 2.62. The summed E-state index contributed by atoms with van der Waals surface area (Å²) in [5.41, 5.74) is 5.09. The molecular weight excluding hydrogens is 226 g/mol. The smallest absolute Gasteiger partial charge is 0.253 e. The molecule has 0 unspecified atom stereocenters. The minimum atomic E-state index is -0.380. The third-order valence-corrected chi connectivity index (χ3v) is 2.15. The molecule has 1 heterocycles. The van der Waals surface area contributed by atoms with Crippen molar-refractivity contribution in [2.75, 3.05) is 26.4 Å². The van der Waals surface area contributed by atoms with Crippen LogP contribution in [0.4, 0.5) is 0 Å². The highest BCUT2D eigenvalue weighted by atomic mass is 16.5. The molecular formula is C10H15N3O4. The molecule has 0 spiro atoms. The molecule has 3 amide bonds. The van der Waals surface area contributed by atoms with Gasteiger partial charge in [0.15, 0.2) is 0 Å². The Balaban J connectivity index is 2.16. The van der Waals surface area contributed by atoms with Crippen LogP contribution in [0.25, 0.3) is 0 Å². The summed E-state index contributed by atoms with van der Waals surface area (Å²) in [6.07, 6.45) is 2.46. The second-order valence-corrected chi connectivity index (χ2v) is 3.34. The standard InChI is InChI=1S/C10H15N3O4/c11-7-17-6-4-12-8(14)3-5-13-9(15)1-2-10(13)16/h1-2H,3-7,11H2,(H,12,14). The maximum Gasteiger partial charge on any atom is 0.253 e. The van der Waals surface area contributed by atoms with Gasteiger partial charge in [0.05, 0.1) is 13.3 Å². The summed E-state index contributed by atoms with van der Waals surface area (Å²) in [4.78, 5) is 34.6. The highest BCUT2D eigenvalue weighted by Crippen LogP contribution is 2.03. The van der Waals surface area contributed by atoms with E-state index in [1.807, 2.05) is 0 Å². The Morgan fingerprint density at radius 1 is 1.35 bits per heavy atom. The summed E-state index contributed by atoms with van der Waals surface area (Å²) >= 11 is 0. The number of imide groups is 1. The zero-order valence-electron chi connectivity index (χ0n) is 9.35. The maximum atomic E-state index is 11.3. The fourth-order valence-electron chi connectivity index (χ4n) is 1.30. The molecule has 0 aromatic carbocycles. The van der Waals surface area contributed by atoms with E-state index in [0.717, 1.165) is 4.90 Å². The Bertz CT molecular complexity index is 322. The van der Waals surface area contributed by atoms with Gasteiger partial charge in [-0.1, -0.05) is 0 Å². The molecule has 7 heteroatoms. The fourth-order valence-corrected chi connectivity index (χ4v) is 1.30. The van der Waals surface area contributed by atoms with Crippen molar-refractivity contribution < 1.29 is 19.1 Å². The number of nitrogens with zero attached hydrogens (tertiary/aromatic N) is 1. The largest absolute Gasteiger partial charge is 0.365 e. The van der Waals surface area contributed by atoms with E-state index in [1.165, 1.54) is 12.2 Å². The molecule has 0 fully saturated rings. The van der Waals surface area contributed by atoms with E-state index < -0.39 is 0 Å². The van der Waals surface area contributed by atoms with Gasteiger partial charge in [-0.15, -0.1) is 0 Å². The lowest BCUT2D eigenvalue weighted by atomic mass is 10.3. The van der Waals surface area contributed by atoms with Crippen LogP contribution in [-0.4, -0.2) is 49.0 Å². The van der Waals surface area contributed by atoms with Crippen molar-refractivity contribution in [2.24, 2.45) is 5.73 Å². The third kappa shape index (κ3) is 4.33. The molecule has 94 valence electrons. The number of hydrogen-bond acceptors (Lipinski definition) is 5. The predicted molar refractivity (Wildman–Crippen MR) is 58.5 cm³/mol. The number of rotatable bonds is 7. The first-order chi connectivity index (χ1) is 8.15. The molecule has 0 saturated heterocycles. The Labute approximate surface area is 98.6 Å².